The highest BCUT2D eigenvalue weighted by atomic mass is 16.3. The molecule has 1 heterocycles. The van der Waals surface area contributed by atoms with Crippen molar-refractivity contribution in [1.82, 2.24) is 0 Å². The van der Waals surface area contributed by atoms with Gasteiger partial charge in [-0.3, -0.25) is 0 Å². The second-order valence-corrected chi connectivity index (χ2v) is 3.97. The van der Waals surface area contributed by atoms with Crippen molar-refractivity contribution in [3.05, 3.63) is 60.6 Å². The van der Waals surface area contributed by atoms with E-state index in [9.17, 15) is 0 Å². The summed E-state index contributed by atoms with van der Waals surface area (Å²) in [5, 5.41) is 2.53. The summed E-state index contributed by atoms with van der Waals surface area (Å²) >= 11 is 0. The van der Waals surface area contributed by atoms with Gasteiger partial charge < -0.3 is 4.42 Å². The molecule has 0 aliphatic carbocycles. The molecule has 0 amide bonds. The summed E-state index contributed by atoms with van der Waals surface area (Å²) in [6, 6.07) is 16.8. The monoisotopic (exact) mass is 208 g/mol. The van der Waals surface area contributed by atoms with Crippen molar-refractivity contribution in [1.29, 1.82) is 0 Å². The van der Waals surface area contributed by atoms with Gasteiger partial charge in [0.2, 0.25) is 0 Å². The average Bonchev–Trinajstić information content (AvgIpc) is 2.75. The van der Waals surface area contributed by atoms with Crippen molar-refractivity contribution < 1.29 is 4.42 Å². The van der Waals surface area contributed by atoms with Gasteiger partial charge in [-0.15, -0.1) is 0 Å². The minimum atomic E-state index is 0.947. The van der Waals surface area contributed by atoms with Crippen LogP contribution in [0.5, 0.6) is 0 Å². The smallest absolute Gasteiger partial charge is 0.101 e. The van der Waals surface area contributed by atoms with Gasteiger partial charge in [-0.25, -0.2) is 0 Å². The SMILES string of the molecule is Cc1cc(-c2cccc3ccccc23)co1. The topological polar surface area (TPSA) is 13.1 Å². The second kappa shape index (κ2) is 3.53. The lowest BCUT2D eigenvalue weighted by Crippen LogP contribution is -1.78. The van der Waals surface area contributed by atoms with E-state index in [0.29, 0.717) is 0 Å². The van der Waals surface area contributed by atoms with Crippen LogP contribution in [0.2, 0.25) is 0 Å². The van der Waals surface area contributed by atoms with Gasteiger partial charge in [0.05, 0.1) is 6.26 Å². The standard InChI is InChI=1S/C15H12O/c1-11-9-13(10-16-11)15-8-4-6-12-5-2-3-7-14(12)15/h2-10H,1H3. The lowest BCUT2D eigenvalue weighted by molar-refractivity contribution is 0.535. The summed E-state index contributed by atoms with van der Waals surface area (Å²) in [4.78, 5) is 0. The van der Waals surface area contributed by atoms with Gasteiger partial charge in [-0.1, -0.05) is 42.5 Å². The number of rotatable bonds is 1. The molecule has 0 unspecified atom stereocenters. The van der Waals surface area contributed by atoms with E-state index in [-0.39, 0.29) is 0 Å². The first-order valence-electron chi connectivity index (χ1n) is 5.38. The predicted molar refractivity (Wildman–Crippen MR) is 66.4 cm³/mol. The molecule has 0 radical (unpaired) electrons. The number of fused-ring (bicyclic) bond motifs is 1. The van der Waals surface area contributed by atoms with Crippen LogP contribution in [0, 0.1) is 6.92 Å². The fraction of sp³-hybridized carbons (Fsp3) is 0.0667. The van der Waals surface area contributed by atoms with Crippen LogP contribution >= 0.6 is 0 Å². The zero-order valence-electron chi connectivity index (χ0n) is 9.10. The van der Waals surface area contributed by atoms with E-state index in [1.54, 1.807) is 0 Å². The molecule has 0 fully saturated rings. The zero-order valence-corrected chi connectivity index (χ0v) is 9.10. The van der Waals surface area contributed by atoms with E-state index in [0.717, 1.165) is 11.3 Å². The maximum Gasteiger partial charge on any atom is 0.101 e. The summed E-state index contributed by atoms with van der Waals surface area (Å²) in [7, 11) is 0. The second-order valence-electron chi connectivity index (χ2n) is 3.97. The van der Waals surface area contributed by atoms with Crippen LogP contribution in [0.25, 0.3) is 21.9 Å². The molecule has 0 atom stereocenters. The van der Waals surface area contributed by atoms with Crippen LogP contribution in [0.4, 0.5) is 0 Å². The van der Waals surface area contributed by atoms with Crippen LogP contribution in [0.15, 0.2) is 59.2 Å². The van der Waals surface area contributed by atoms with Gasteiger partial charge in [0.1, 0.15) is 5.76 Å². The maximum atomic E-state index is 5.37. The highest BCUT2D eigenvalue weighted by Crippen LogP contribution is 2.29. The molecule has 0 spiro atoms. The molecule has 1 heteroatoms. The Balaban J connectivity index is 2.31. The van der Waals surface area contributed by atoms with Crippen molar-refractivity contribution in [2.75, 3.05) is 0 Å². The predicted octanol–water partition coefficient (Wildman–Crippen LogP) is 4.41. The molecule has 16 heavy (non-hydrogen) atoms. The summed E-state index contributed by atoms with van der Waals surface area (Å²) in [5.41, 5.74) is 2.38. The van der Waals surface area contributed by atoms with Crippen LogP contribution in [-0.4, -0.2) is 0 Å². The summed E-state index contributed by atoms with van der Waals surface area (Å²) in [6.45, 7) is 1.97. The molecule has 2 aromatic carbocycles. The number of hydrogen-bond donors (Lipinski definition) is 0. The Kier molecular flexibility index (Phi) is 2.03. The molecule has 0 bridgehead atoms. The third-order valence-electron chi connectivity index (χ3n) is 2.83. The van der Waals surface area contributed by atoms with E-state index in [1.807, 2.05) is 13.2 Å². The number of hydrogen-bond acceptors (Lipinski definition) is 1. The van der Waals surface area contributed by atoms with Crippen molar-refractivity contribution in [3.63, 3.8) is 0 Å². The van der Waals surface area contributed by atoms with Crippen molar-refractivity contribution in [2.24, 2.45) is 0 Å². The molecule has 0 aliphatic rings. The molecule has 0 saturated heterocycles. The summed E-state index contributed by atoms with van der Waals surface area (Å²) < 4.78 is 5.37. The van der Waals surface area contributed by atoms with Crippen LogP contribution in [-0.2, 0) is 0 Å². The van der Waals surface area contributed by atoms with Crippen LogP contribution < -0.4 is 0 Å². The fourth-order valence-corrected chi connectivity index (χ4v) is 2.06. The molecule has 0 aliphatic heterocycles. The molecule has 0 saturated carbocycles. The Morgan fingerprint density at radius 3 is 2.56 bits per heavy atom. The summed E-state index contributed by atoms with van der Waals surface area (Å²) in [6.07, 6.45) is 1.82. The van der Waals surface area contributed by atoms with Gasteiger partial charge in [0, 0.05) is 5.56 Å². The van der Waals surface area contributed by atoms with E-state index < -0.39 is 0 Å². The van der Waals surface area contributed by atoms with Gasteiger partial charge >= 0.3 is 0 Å². The van der Waals surface area contributed by atoms with Crippen LogP contribution in [0.3, 0.4) is 0 Å². The lowest BCUT2D eigenvalue weighted by atomic mass is 10.0. The molecule has 3 aromatic rings. The number of aryl methyl sites for hydroxylation is 1. The minimum absolute atomic E-state index is 0.947. The Bertz CT molecular complexity index is 629. The largest absolute Gasteiger partial charge is 0.469 e. The first-order chi connectivity index (χ1) is 7.84. The maximum absolute atomic E-state index is 5.37. The highest BCUT2D eigenvalue weighted by Gasteiger charge is 2.05. The molecular weight excluding hydrogens is 196 g/mol. The molecule has 3 rings (SSSR count). The third-order valence-corrected chi connectivity index (χ3v) is 2.83. The zero-order chi connectivity index (χ0) is 11.0. The molecular formula is C15H12O. The highest BCUT2D eigenvalue weighted by molar-refractivity contribution is 5.96. The molecule has 78 valence electrons. The van der Waals surface area contributed by atoms with Gasteiger partial charge in [-0.2, -0.15) is 0 Å². The minimum Gasteiger partial charge on any atom is -0.469 e. The number of furan rings is 1. The quantitative estimate of drug-likeness (QED) is 0.577. The van der Waals surface area contributed by atoms with Gasteiger partial charge in [0.25, 0.3) is 0 Å². The van der Waals surface area contributed by atoms with E-state index in [2.05, 4.69) is 48.5 Å². The van der Waals surface area contributed by atoms with Crippen molar-refractivity contribution >= 4 is 10.8 Å². The Morgan fingerprint density at radius 2 is 1.75 bits per heavy atom. The van der Waals surface area contributed by atoms with Crippen molar-refractivity contribution in [2.45, 2.75) is 6.92 Å². The normalized spacial score (nSPS) is 10.8. The number of benzene rings is 2. The average molecular weight is 208 g/mol. The third kappa shape index (κ3) is 1.41. The van der Waals surface area contributed by atoms with Gasteiger partial charge in [0.15, 0.2) is 0 Å². The Morgan fingerprint density at radius 1 is 0.938 bits per heavy atom. The Labute approximate surface area is 94.3 Å². The van der Waals surface area contributed by atoms with Gasteiger partial charge in [-0.05, 0) is 29.3 Å². The fourth-order valence-electron chi connectivity index (χ4n) is 2.06. The molecule has 1 aromatic heterocycles. The van der Waals surface area contributed by atoms with Crippen molar-refractivity contribution in [3.8, 4) is 11.1 Å². The first-order valence-corrected chi connectivity index (χ1v) is 5.38. The van der Waals surface area contributed by atoms with E-state index >= 15 is 0 Å². The van der Waals surface area contributed by atoms with E-state index in [4.69, 9.17) is 4.42 Å². The van der Waals surface area contributed by atoms with E-state index in [1.165, 1.54) is 16.3 Å². The Hall–Kier alpha value is -2.02. The molecule has 0 N–H and O–H groups in total. The van der Waals surface area contributed by atoms with Crippen LogP contribution in [0.1, 0.15) is 5.76 Å². The first kappa shape index (κ1) is 9.22. The summed E-state index contributed by atoms with van der Waals surface area (Å²) in [5.74, 6) is 0.947. The lowest BCUT2D eigenvalue weighted by Gasteiger charge is -2.03. The molecule has 1 nitrogen and oxygen atoms in total.